The molecule has 2 aromatic rings. The molecule has 1 aliphatic carbocycles. The standard InChI is InChI=1S/C13H14FN3/c1-9-11(14)3-2-4-12(9)17-8-7-15-13(17)16-10-5-6-10/h2-4,7-8,10H,5-6H2,1H3,(H,15,16). The molecule has 1 aliphatic rings. The van der Waals surface area contributed by atoms with Crippen molar-refractivity contribution in [3.63, 3.8) is 0 Å². The van der Waals surface area contributed by atoms with Gasteiger partial charge in [0.25, 0.3) is 0 Å². The van der Waals surface area contributed by atoms with Crippen LogP contribution in [-0.2, 0) is 0 Å². The first kappa shape index (κ1) is 10.3. The van der Waals surface area contributed by atoms with Gasteiger partial charge in [-0.05, 0) is 31.9 Å². The topological polar surface area (TPSA) is 29.9 Å². The lowest BCUT2D eigenvalue weighted by atomic mass is 10.2. The SMILES string of the molecule is Cc1c(F)cccc1-n1ccnc1NC1CC1. The minimum absolute atomic E-state index is 0.187. The van der Waals surface area contributed by atoms with E-state index in [1.54, 1.807) is 19.2 Å². The fourth-order valence-corrected chi connectivity index (χ4v) is 1.87. The highest BCUT2D eigenvalue weighted by atomic mass is 19.1. The van der Waals surface area contributed by atoms with Crippen LogP contribution in [-0.4, -0.2) is 15.6 Å². The fraction of sp³-hybridized carbons (Fsp3) is 0.308. The molecule has 1 aromatic carbocycles. The highest BCUT2D eigenvalue weighted by Crippen LogP contribution is 2.26. The Morgan fingerprint density at radius 1 is 1.41 bits per heavy atom. The van der Waals surface area contributed by atoms with Crippen molar-refractivity contribution in [2.75, 3.05) is 5.32 Å². The zero-order valence-electron chi connectivity index (χ0n) is 9.65. The van der Waals surface area contributed by atoms with Gasteiger partial charge in [-0.15, -0.1) is 0 Å². The normalized spacial score (nSPS) is 14.9. The molecule has 0 radical (unpaired) electrons. The Labute approximate surface area is 99.3 Å². The predicted octanol–water partition coefficient (Wildman–Crippen LogP) is 2.89. The van der Waals surface area contributed by atoms with Crippen molar-refractivity contribution in [2.45, 2.75) is 25.8 Å². The molecule has 1 fully saturated rings. The van der Waals surface area contributed by atoms with Gasteiger partial charge in [0, 0.05) is 24.0 Å². The van der Waals surface area contributed by atoms with Crippen LogP contribution in [0.5, 0.6) is 0 Å². The lowest BCUT2D eigenvalue weighted by Crippen LogP contribution is -2.08. The Kier molecular flexibility index (Phi) is 2.35. The van der Waals surface area contributed by atoms with Gasteiger partial charge >= 0.3 is 0 Å². The van der Waals surface area contributed by atoms with Gasteiger partial charge in [0.2, 0.25) is 5.95 Å². The number of nitrogens with zero attached hydrogens (tertiary/aromatic N) is 2. The molecule has 0 spiro atoms. The van der Waals surface area contributed by atoms with Crippen molar-refractivity contribution in [1.82, 2.24) is 9.55 Å². The number of anilines is 1. The number of rotatable bonds is 3. The van der Waals surface area contributed by atoms with Crippen molar-refractivity contribution in [3.05, 3.63) is 42.0 Å². The lowest BCUT2D eigenvalue weighted by molar-refractivity contribution is 0.617. The number of halogens is 1. The van der Waals surface area contributed by atoms with E-state index < -0.39 is 0 Å². The first-order chi connectivity index (χ1) is 8.25. The molecule has 0 bridgehead atoms. The van der Waals surface area contributed by atoms with Crippen molar-refractivity contribution in [2.24, 2.45) is 0 Å². The summed E-state index contributed by atoms with van der Waals surface area (Å²) in [5, 5.41) is 3.34. The van der Waals surface area contributed by atoms with Crippen molar-refractivity contribution in [1.29, 1.82) is 0 Å². The number of hydrogen-bond acceptors (Lipinski definition) is 2. The van der Waals surface area contributed by atoms with E-state index in [1.165, 1.54) is 18.9 Å². The highest BCUT2D eigenvalue weighted by molar-refractivity contribution is 5.47. The summed E-state index contributed by atoms with van der Waals surface area (Å²) >= 11 is 0. The molecule has 3 rings (SSSR count). The molecule has 1 N–H and O–H groups in total. The Morgan fingerprint density at radius 3 is 3.00 bits per heavy atom. The van der Waals surface area contributed by atoms with Gasteiger partial charge in [-0.25, -0.2) is 9.37 Å². The van der Waals surface area contributed by atoms with Crippen LogP contribution >= 0.6 is 0 Å². The molecule has 3 nitrogen and oxygen atoms in total. The third kappa shape index (κ3) is 1.90. The van der Waals surface area contributed by atoms with E-state index in [-0.39, 0.29) is 5.82 Å². The minimum atomic E-state index is -0.187. The van der Waals surface area contributed by atoms with Crippen LogP contribution in [0.3, 0.4) is 0 Å². The van der Waals surface area contributed by atoms with Crippen LogP contribution in [0.15, 0.2) is 30.6 Å². The summed E-state index contributed by atoms with van der Waals surface area (Å²) < 4.78 is 15.4. The van der Waals surface area contributed by atoms with Gasteiger partial charge in [-0.3, -0.25) is 4.57 Å². The largest absolute Gasteiger partial charge is 0.353 e. The number of aromatic nitrogens is 2. The van der Waals surface area contributed by atoms with Gasteiger partial charge in [0.05, 0.1) is 5.69 Å². The number of imidazole rings is 1. The molecule has 1 heterocycles. The van der Waals surface area contributed by atoms with Crippen LogP contribution in [0.1, 0.15) is 18.4 Å². The Hall–Kier alpha value is -1.84. The van der Waals surface area contributed by atoms with E-state index in [4.69, 9.17) is 0 Å². The number of nitrogens with one attached hydrogen (secondary N) is 1. The van der Waals surface area contributed by atoms with Crippen LogP contribution in [0.25, 0.3) is 5.69 Å². The summed E-state index contributed by atoms with van der Waals surface area (Å²) in [5.74, 6) is 0.606. The molecule has 1 aromatic heterocycles. The summed E-state index contributed by atoms with van der Waals surface area (Å²) in [5.41, 5.74) is 1.48. The average molecular weight is 231 g/mol. The second-order valence-corrected chi connectivity index (χ2v) is 4.42. The molecular weight excluding hydrogens is 217 g/mol. The molecule has 0 unspecified atom stereocenters. The molecular formula is C13H14FN3. The second-order valence-electron chi connectivity index (χ2n) is 4.42. The van der Waals surface area contributed by atoms with Gasteiger partial charge in [-0.1, -0.05) is 6.07 Å². The Bertz CT molecular complexity index is 543. The molecule has 0 atom stereocenters. The fourth-order valence-electron chi connectivity index (χ4n) is 1.87. The second kappa shape index (κ2) is 3.87. The van der Waals surface area contributed by atoms with Gasteiger partial charge < -0.3 is 5.32 Å². The van der Waals surface area contributed by atoms with Crippen LogP contribution < -0.4 is 5.32 Å². The number of benzene rings is 1. The molecule has 0 amide bonds. The third-order valence-electron chi connectivity index (χ3n) is 3.05. The van der Waals surface area contributed by atoms with Crippen LogP contribution in [0, 0.1) is 12.7 Å². The maximum Gasteiger partial charge on any atom is 0.207 e. The molecule has 0 saturated heterocycles. The van der Waals surface area contributed by atoms with E-state index in [0.29, 0.717) is 11.6 Å². The number of hydrogen-bond donors (Lipinski definition) is 1. The van der Waals surface area contributed by atoms with E-state index >= 15 is 0 Å². The van der Waals surface area contributed by atoms with Gasteiger partial charge in [-0.2, -0.15) is 0 Å². The van der Waals surface area contributed by atoms with E-state index in [0.717, 1.165) is 11.6 Å². The maximum absolute atomic E-state index is 13.5. The molecule has 4 heteroatoms. The van der Waals surface area contributed by atoms with Crippen molar-refractivity contribution in [3.8, 4) is 5.69 Å². The smallest absolute Gasteiger partial charge is 0.207 e. The van der Waals surface area contributed by atoms with Gasteiger partial charge in [0.15, 0.2) is 0 Å². The van der Waals surface area contributed by atoms with E-state index in [2.05, 4.69) is 10.3 Å². The zero-order chi connectivity index (χ0) is 11.8. The summed E-state index contributed by atoms with van der Waals surface area (Å²) in [6.45, 7) is 1.78. The molecule has 88 valence electrons. The quantitative estimate of drug-likeness (QED) is 0.880. The predicted molar refractivity (Wildman–Crippen MR) is 64.9 cm³/mol. The molecule has 0 aliphatic heterocycles. The Balaban J connectivity index is 2.02. The first-order valence-corrected chi connectivity index (χ1v) is 5.81. The molecule has 1 saturated carbocycles. The first-order valence-electron chi connectivity index (χ1n) is 5.81. The van der Waals surface area contributed by atoms with E-state index in [1.807, 2.05) is 16.8 Å². The average Bonchev–Trinajstić information content (AvgIpc) is 3.01. The van der Waals surface area contributed by atoms with Crippen molar-refractivity contribution >= 4 is 5.95 Å². The highest BCUT2D eigenvalue weighted by Gasteiger charge is 2.23. The summed E-state index contributed by atoms with van der Waals surface area (Å²) in [4.78, 5) is 4.27. The van der Waals surface area contributed by atoms with Gasteiger partial charge in [0.1, 0.15) is 5.82 Å². The lowest BCUT2D eigenvalue weighted by Gasteiger charge is -2.11. The van der Waals surface area contributed by atoms with Crippen LogP contribution in [0.4, 0.5) is 10.3 Å². The minimum Gasteiger partial charge on any atom is -0.353 e. The summed E-state index contributed by atoms with van der Waals surface area (Å²) in [6.07, 6.45) is 5.96. The summed E-state index contributed by atoms with van der Waals surface area (Å²) in [7, 11) is 0. The maximum atomic E-state index is 13.5. The van der Waals surface area contributed by atoms with Crippen molar-refractivity contribution < 1.29 is 4.39 Å². The molecule has 17 heavy (non-hydrogen) atoms. The Morgan fingerprint density at radius 2 is 2.24 bits per heavy atom. The van der Waals surface area contributed by atoms with E-state index in [9.17, 15) is 4.39 Å². The zero-order valence-corrected chi connectivity index (χ0v) is 9.65. The van der Waals surface area contributed by atoms with Crippen LogP contribution in [0.2, 0.25) is 0 Å². The third-order valence-corrected chi connectivity index (χ3v) is 3.05. The summed E-state index contributed by atoms with van der Waals surface area (Å²) in [6, 6.07) is 5.63. The monoisotopic (exact) mass is 231 g/mol.